The van der Waals surface area contributed by atoms with Gasteiger partial charge in [-0.3, -0.25) is 14.9 Å². The van der Waals surface area contributed by atoms with E-state index in [9.17, 15) is 14.9 Å². The van der Waals surface area contributed by atoms with Gasteiger partial charge in [-0.15, -0.1) is 0 Å². The Hall–Kier alpha value is -2.31. The Morgan fingerprint density at radius 3 is 2.80 bits per heavy atom. The minimum atomic E-state index is -0.843. The molecule has 7 nitrogen and oxygen atoms in total. The first kappa shape index (κ1) is 15.7. The normalized spacial score (nSPS) is 11.7. The van der Waals surface area contributed by atoms with Crippen LogP contribution >= 0.6 is 0 Å². The molecule has 0 aliphatic carbocycles. The molecule has 0 saturated heterocycles. The molecule has 2 N–H and O–H groups in total. The molecule has 7 heteroatoms. The summed E-state index contributed by atoms with van der Waals surface area (Å²) in [6.07, 6.45) is 1.22. The van der Waals surface area contributed by atoms with Crippen LogP contribution in [0.2, 0.25) is 0 Å². The molecule has 0 amide bonds. The quantitative estimate of drug-likeness (QED) is 0.561. The summed E-state index contributed by atoms with van der Waals surface area (Å²) in [4.78, 5) is 20.9. The van der Waals surface area contributed by atoms with Gasteiger partial charge in [-0.25, -0.2) is 0 Å². The summed E-state index contributed by atoms with van der Waals surface area (Å²) < 4.78 is 5.04. The highest BCUT2D eigenvalue weighted by Crippen LogP contribution is 2.29. The number of methoxy groups -OCH3 is 1. The first-order valence-electron chi connectivity index (χ1n) is 6.24. The van der Waals surface area contributed by atoms with Crippen molar-refractivity contribution in [3.8, 4) is 5.75 Å². The lowest BCUT2D eigenvalue weighted by molar-refractivity contribution is -0.384. The molecule has 0 aliphatic rings. The minimum absolute atomic E-state index is 0.0316. The summed E-state index contributed by atoms with van der Waals surface area (Å²) in [6.45, 7) is 1.85. The molecule has 20 heavy (non-hydrogen) atoms. The molecule has 0 fully saturated rings. The Balaban J connectivity index is 2.73. The molecule has 1 aromatic rings. The van der Waals surface area contributed by atoms with Crippen molar-refractivity contribution < 1.29 is 19.6 Å². The number of ether oxygens (including phenoxy) is 1. The van der Waals surface area contributed by atoms with Crippen LogP contribution in [0.5, 0.6) is 5.75 Å². The number of anilines is 1. The van der Waals surface area contributed by atoms with E-state index in [0.717, 1.165) is 0 Å². The third kappa shape index (κ3) is 4.75. The highest BCUT2D eigenvalue weighted by atomic mass is 16.6. The van der Waals surface area contributed by atoms with E-state index >= 15 is 0 Å². The Kier molecular flexibility index (Phi) is 5.76. The van der Waals surface area contributed by atoms with Gasteiger partial charge in [0.25, 0.3) is 5.69 Å². The average molecular weight is 282 g/mol. The Morgan fingerprint density at radius 2 is 2.25 bits per heavy atom. The second-order valence-electron chi connectivity index (χ2n) is 4.47. The zero-order chi connectivity index (χ0) is 15.1. The second-order valence-corrected chi connectivity index (χ2v) is 4.47. The fraction of sp³-hybridized carbons (Fsp3) is 0.462. The van der Waals surface area contributed by atoms with Gasteiger partial charge < -0.3 is 15.2 Å². The number of hydrogen-bond donors (Lipinski definition) is 2. The lowest BCUT2D eigenvalue weighted by atomic mass is 10.1. The number of rotatable bonds is 8. The monoisotopic (exact) mass is 282 g/mol. The largest absolute Gasteiger partial charge is 0.497 e. The zero-order valence-electron chi connectivity index (χ0n) is 11.5. The van der Waals surface area contributed by atoms with Crippen molar-refractivity contribution in [1.82, 2.24) is 0 Å². The second kappa shape index (κ2) is 7.32. The molecule has 1 unspecified atom stereocenters. The molecule has 1 aromatic carbocycles. The summed E-state index contributed by atoms with van der Waals surface area (Å²) in [5.41, 5.74) is 0.341. The SMILES string of the molecule is COc1ccc([N+](=O)[O-])c(NC(C)CCCC(=O)O)c1. The molecule has 0 radical (unpaired) electrons. The van der Waals surface area contributed by atoms with Crippen LogP contribution < -0.4 is 10.1 Å². The van der Waals surface area contributed by atoms with Gasteiger partial charge >= 0.3 is 5.97 Å². The van der Waals surface area contributed by atoms with Gasteiger partial charge in [0, 0.05) is 24.6 Å². The highest BCUT2D eigenvalue weighted by Gasteiger charge is 2.16. The highest BCUT2D eigenvalue weighted by molar-refractivity contribution is 5.66. The van der Waals surface area contributed by atoms with Crippen molar-refractivity contribution in [1.29, 1.82) is 0 Å². The predicted octanol–water partition coefficient (Wildman–Crippen LogP) is 2.66. The number of aliphatic carboxylic acids is 1. The standard InChI is InChI=1S/C13H18N2O5/c1-9(4-3-5-13(16)17)14-11-8-10(20-2)6-7-12(11)15(18)19/h6-9,14H,3-5H2,1-2H3,(H,16,17). The van der Waals surface area contributed by atoms with Crippen LogP contribution in [0.1, 0.15) is 26.2 Å². The minimum Gasteiger partial charge on any atom is -0.497 e. The van der Waals surface area contributed by atoms with Gasteiger partial charge in [-0.05, 0) is 25.8 Å². The van der Waals surface area contributed by atoms with Gasteiger partial charge in [0.1, 0.15) is 11.4 Å². The number of carboxylic acid groups (broad SMARTS) is 1. The number of carbonyl (C=O) groups is 1. The van der Waals surface area contributed by atoms with Crippen molar-refractivity contribution in [2.45, 2.75) is 32.2 Å². The van der Waals surface area contributed by atoms with E-state index in [2.05, 4.69) is 5.32 Å². The molecular weight excluding hydrogens is 264 g/mol. The van der Waals surface area contributed by atoms with Gasteiger partial charge in [-0.1, -0.05) is 0 Å². The number of hydrogen-bond acceptors (Lipinski definition) is 5. The summed E-state index contributed by atoms with van der Waals surface area (Å²) in [7, 11) is 1.49. The Labute approximate surface area is 116 Å². The molecule has 0 saturated carbocycles. The first-order valence-corrected chi connectivity index (χ1v) is 6.24. The van der Waals surface area contributed by atoms with E-state index < -0.39 is 10.9 Å². The van der Waals surface area contributed by atoms with E-state index in [-0.39, 0.29) is 18.2 Å². The Bertz CT molecular complexity index is 490. The lowest BCUT2D eigenvalue weighted by Crippen LogP contribution is -2.16. The number of nitro groups is 1. The summed E-state index contributed by atoms with van der Waals surface area (Å²) in [5.74, 6) is -0.319. The van der Waals surface area contributed by atoms with E-state index in [0.29, 0.717) is 24.3 Å². The van der Waals surface area contributed by atoms with Gasteiger partial charge in [0.2, 0.25) is 0 Å². The van der Waals surface area contributed by atoms with Crippen molar-refractivity contribution in [2.24, 2.45) is 0 Å². The van der Waals surface area contributed by atoms with Crippen LogP contribution in [0, 0.1) is 10.1 Å². The molecule has 1 atom stereocenters. The van der Waals surface area contributed by atoms with Gasteiger partial charge in [0.05, 0.1) is 12.0 Å². The maximum Gasteiger partial charge on any atom is 0.303 e. The molecule has 0 bridgehead atoms. The fourth-order valence-electron chi connectivity index (χ4n) is 1.81. The summed E-state index contributed by atoms with van der Waals surface area (Å²) in [6, 6.07) is 4.40. The van der Waals surface area contributed by atoms with Crippen molar-refractivity contribution in [3.63, 3.8) is 0 Å². The van der Waals surface area contributed by atoms with Crippen molar-refractivity contribution in [2.75, 3.05) is 12.4 Å². The maximum atomic E-state index is 11.0. The third-order valence-corrected chi connectivity index (χ3v) is 2.83. The number of nitro benzene ring substituents is 1. The van der Waals surface area contributed by atoms with Crippen molar-refractivity contribution >= 4 is 17.3 Å². The number of carboxylic acids is 1. The van der Waals surface area contributed by atoms with Crippen LogP contribution in [0.15, 0.2) is 18.2 Å². The third-order valence-electron chi connectivity index (χ3n) is 2.83. The topological polar surface area (TPSA) is 102 Å². The molecule has 0 heterocycles. The molecule has 1 rings (SSSR count). The Morgan fingerprint density at radius 1 is 1.55 bits per heavy atom. The van der Waals surface area contributed by atoms with Crippen LogP contribution in [0.25, 0.3) is 0 Å². The molecule has 110 valence electrons. The lowest BCUT2D eigenvalue weighted by Gasteiger charge is -2.15. The molecular formula is C13H18N2O5. The number of nitrogens with zero attached hydrogens (tertiary/aromatic N) is 1. The maximum absolute atomic E-state index is 11.0. The van der Waals surface area contributed by atoms with E-state index in [1.807, 2.05) is 6.92 Å². The van der Waals surface area contributed by atoms with Crippen molar-refractivity contribution in [3.05, 3.63) is 28.3 Å². The average Bonchev–Trinajstić information content (AvgIpc) is 2.37. The summed E-state index contributed by atoms with van der Waals surface area (Å²) >= 11 is 0. The van der Waals surface area contributed by atoms with Gasteiger partial charge in [0.15, 0.2) is 0 Å². The van der Waals surface area contributed by atoms with E-state index in [4.69, 9.17) is 9.84 Å². The smallest absolute Gasteiger partial charge is 0.303 e. The van der Waals surface area contributed by atoms with Crippen LogP contribution in [-0.2, 0) is 4.79 Å². The predicted molar refractivity (Wildman–Crippen MR) is 74.2 cm³/mol. The van der Waals surface area contributed by atoms with E-state index in [1.54, 1.807) is 6.07 Å². The van der Waals surface area contributed by atoms with Crippen LogP contribution in [0.4, 0.5) is 11.4 Å². The molecule has 0 aromatic heterocycles. The number of benzene rings is 1. The molecule has 0 aliphatic heterocycles. The van der Waals surface area contributed by atoms with Crippen LogP contribution in [0.3, 0.4) is 0 Å². The van der Waals surface area contributed by atoms with Gasteiger partial charge in [-0.2, -0.15) is 0 Å². The molecule has 0 spiro atoms. The zero-order valence-corrected chi connectivity index (χ0v) is 11.5. The fourth-order valence-corrected chi connectivity index (χ4v) is 1.81. The first-order chi connectivity index (χ1) is 9.43. The van der Waals surface area contributed by atoms with Crippen LogP contribution in [-0.4, -0.2) is 29.2 Å². The summed E-state index contributed by atoms with van der Waals surface area (Å²) in [5, 5.41) is 22.6. The number of nitrogens with one attached hydrogen (secondary N) is 1. The van der Waals surface area contributed by atoms with E-state index in [1.165, 1.54) is 19.2 Å².